The Morgan fingerprint density at radius 3 is 0.600 bits per heavy atom. The molecule has 2 radical (unpaired) electrons. The third-order valence-electron chi connectivity index (χ3n) is 0. The molecule has 0 aromatic rings. The van der Waals surface area contributed by atoms with Gasteiger partial charge in [0.15, 0.2) is 0 Å². The molecular weight excluding hydrogens is 149 g/mol. The van der Waals surface area contributed by atoms with E-state index in [1.165, 1.54) is 0 Å². The van der Waals surface area contributed by atoms with Crippen LogP contribution in [-0.4, -0.2) is 0 Å². The monoisotopic (exact) mass is 149 g/mol. The molecule has 0 rings (SSSR count). The van der Waals surface area contributed by atoms with Gasteiger partial charge in [0.2, 0.25) is 0 Å². The average Bonchev–Trinajstić information content (AvgIpc) is 0. The second kappa shape index (κ2) is 47.6. The fourth-order valence-corrected chi connectivity index (χ4v) is 0. The van der Waals surface area contributed by atoms with Gasteiger partial charge in [0.1, 0.15) is 0 Å². The van der Waals surface area contributed by atoms with Crippen molar-refractivity contribution in [3.8, 4) is 0 Å². The zero-order valence-electron chi connectivity index (χ0n) is 2.57. The maximum Gasteiger partial charge on any atom is 2.00 e. The van der Waals surface area contributed by atoms with Crippen LogP contribution < -0.4 is 18.9 Å². The molecule has 0 aliphatic heterocycles. The van der Waals surface area contributed by atoms with Gasteiger partial charge in [-0.05, 0) is 0 Å². The Morgan fingerprint density at radius 1 is 0.600 bits per heavy atom. The van der Waals surface area contributed by atoms with Gasteiger partial charge in [-0.25, -0.2) is 0 Å². The van der Waals surface area contributed by atoms with Gasteiger partial charge in [-0.1, -0.05) is 0 Å². The molecule has 2 nitrogen and oxygen atoms in total. The van der Waals surface area contributed by atoms with Crippen LogP contribution in [0.15, 0.2) is 0 Å². The maximum atomic E-state index is 0. The molecule has 0 amide bonds. The number of hydrogen-bond acceptors (Lipinski definition) is 0. The first-order chi connectivity index (χ1) is 0. The standard InChI is InChI=1S/Li.2Mn.2O/q+1;2*+2;2*-2. The molecule has 0 aliphatic rings. The van der Waals surface area contributed by atoms with Crippen LogP contribution in [-0.2, 0) is 45.1 Å². The first-order valence-corrected chi connectivity index (χ1v) is 0. The van der Waals surface area contributed by atoms with Crippen molar-refractivity contribution in [2.45, 2.75) is 0 Å². The molecule has 0 aliphatic carbocycles. The van der Waals surface area contributed by atoms with Crippen LogP contribution in [0, 0.1) is 0 Å². The molecule has 5 heavy (non-hydrogen) atoms. The van der Waals surface area contributed by atoms with Crippen molar-refractivity contribution in [2.24, 2.45) is 0 Å². The predicted molar refractivity (Wildman–Crippen MR) is 1.37 cm³/mol. The Hall–Kier alpha value is 1.56. The topological polar surface area (TPSA) is 57.0 Å². The van der Waals surface area contributed by atoms with E-state index in [2.05, 4.69) is 0 Å². The van der Waals surface area contributed by atoms with Crippen LogP contribution in [0.2, 0.25) is 0 Å². The van der Waals surface area contributed by atoms with Gasteiger partial charge in [-0.3, -0.25) is 0 Å². The van der Waals surface area contributed by atoms with Gasteiger partial charge in [0.05, 0.1) is 0 Å². The zero-order valence-corrected chi connectivity index (χ0v) is 4.93. The molecule has 0 saturated carbocycles. The van der Waals surface area contributed by atoms with Crippen molar-refractivity contribution in [2.75, 3.05) is 0 Å². The van der Waals surface area contributed by atoms with E-state index in [1.807, 2.05) is 0 Å². The maximum absolute atomic E-state index is 0. The summed E-state index contributed by atoms with van der Waals surface area (Å²) in [6.45, 7) is 0. The van der Waals surface area contributed by atoms with Crippen LogP contribution in [0.4, 0.5) is 0 Å². The summed E-state index contributed by atoms with van der Waals surface area (Å²) < 4.78 is 0. The molecule has 0 aromatic carbocycles. The summed E-state index contributed by atoms with van der Waals surface area (Å²) in [6.07, 6.45) is 0. The third kappa shape index (κ3) is 29.0. The Balaban J connectivity index is 0. The van der Waals surface area contributed by atoms with Gasteiger partial charge in [-0.2, -0.15) is 0 Å². The van der Waals surface area contributed by atoms with Crippen LogP contribution in [0.3, 0.4) is 0 Å². The smallest absolute Gasteiger partial charge is 2.00 e. The molecule has 0 heterocycles. The van der Waals surface area contributed by atoms with Crippen molar-refractivity contribution in [1.29, 1.82) is 0 Å². The first kappa shape index (κ1) is 83.6. The Morgan fingerprint density at radius 2 is 0.600 bits per heavy atom. The quantitative estimate of drug-likeness (QED) is 0.325. The van der Waals surface area contributed by atoms with Crippen molar-refractivity contribution in [3.63, 3.8) is 0 Å². The summed E-state index contributed by atoms with van der Waals surface area (Å²) >= 11 is 0. The normalized spacial score (nSPS) is 0. The molecule has 0 N–H and O–H groups in total. The zero-order chi connectivity index (χ0) is 0. The molecule has 0 unspecified atom stereocenters. The van der Waals surface area contributed by atoms with Crippen LogP contribution in [0.1, 0.15) is 0 Å². The minimum absolute atomic E-state index is 0. The average molecular weight is 149 g/mol. The van der Waals surface area contributed by atoms with Gasteiger partial charge in [0, 0.05) is 0 Å². The first-order valence-electron chi connectivity index (χ1n) is 0. The molecule has 0 aromatic heterocycles. The summed E-state index contributed by atoms with van der Waals surface area (Å²) in [5.74, 6) is 0. The molecule has 0 fully saturated rings. The predicted octanol–water partition coefficient (Wildman–Crippen LogP) is -3.24. The third-order valence-corrected chi connectivity index (χ3v) is 0. The second-order valence-corrected chi connectivity index (χ2v) is 0. The molecular formula is LiMn2O2+. The van der Waals surface area contributed by atoms with Crippen LogP contribution in [0.5, 0.6) is 0 Å². The van der Waals surface area contributed by atoms with Gasteiger partial charge in [0.25, 0.3) is 0 Å². The molecule has 5 heteroatoms. The minimum atomic E-state index is 0. The van der Waals surface area contributed by atoms with E-state index in [9.17, 15) is 0 Å². The Labute approximate surface area is 63.8 Å². The molecule has 26 valence electrons. The van der Waals surface area contributed by atoms with Crippen molar-refractivity contribution < 1.29 is 64.0 Å². The van der Waals surface area contributed by atoms with Crippen molar-refractivity contribution in [1.82, 2.24) is 0 Å². The molecule has 0 bridgehead atoms. The van der Waals surface area contributed by atoms with Crippen molar-refractivity contribution >= 4 is 0 Å². The minimum Gasteiger partial charge on any atom is -2.00 e. The fourth-order valence-electron chi connectivity index (χ4n) is 0. The molecule has 0 saturated heterocycles. The number of rotatable bonds is 0. The second-order valence-electron chi connectivity index (χ2n) is 0. The Kier molecular flexibility index (Phi) is 796. The van der Waals surface area contributed by atoms with Gasteiger partial charge in [-0.15, -0.1) is 0 Å². The SMILES string of the molecule is [Li+].[Mn+2].[Mn+2].[O-2].[O-2]. The van der Waals surface area contributed by atoms with Crippen molar-refractivity contribution in [3.05, 3.63) is 0 Å². The van der Waals surface area contributed by atoms with E-state index in [1.54, 1.807) is 0 Å². The van der Waals surface area contributed by atoms with E-state index in [4.69, 9.17) is 0 Å². The van der Waals surface area contributed by atoms with Crippen LogP contribution >= 0.6 is 0 Å². The van der Waals surface area contributed by atoms with E-state index < -0.39 is 0 Å². The van der Waals surface area contributed by atoms with Gasteiger partial charge < -0.3 is 11.0 Å². The number of hydrogen-bond donors (Lipinski definition) is 0. The molecule has 0 atom stereocenters. The van der Waals surface area contributed by atoms with E-state index in [0.29, 0.717) is 0 Å². The summed E-state index contributed by atoms with van der Waals surface area (Å²) in [6, 6.07) is 0. The molecule has 0 spiro atoms. The van der Waals surface area contributed by atoms with E-state index in [0.717, 1.165) is 0 Å². The Bertz CT molecular complexity index is 7.61. The fraction of sp³-hybridized carbons (Fsp3) is 0. The van der Waals surface area contributed by atoms with E-state index in [-0.39, 0.29) is 64.0 Å². The summed E-state index contributed by atoms with van der Waals surface area (Å²) in [5.41, 5.74) is 0. The van der Waals surface area contributed by atoms with E-state index >= 15 is 0 Å². The summed E-state index contributed by atoms with van der Waals surface area (Å²) in [4.78, 5) is 0. The summed E-state index contributed by atoms with van der Waals surface area (Å²) in [5, 5.41) is 0. The van der Waals surface area contributed by atoms with Gasteiger partial charge >= 0.3 is 53.0 Å². The van der Waals surface area contributed by atoms with Crippen LogP contribution in [0.25, 0.3) is 0 Å². The largest absolute Gasteiger partial charge is 2.00 e. The summed E-state index contributed by atoms with van der Waals surface area (Å²) in [7, 11) is 0.